The fourth-order valence-electron chi connectivity index (χ4n) is 2.63. The van der Waals surface area contributed by atoms with Gasteiger partial charge >= 0.3 is 0 Å². The van der Waals surface area contributed by atoms with Gasteiger partial charge in [0.1, 0.15) is 11.3 Å². The number of hydrogen-bond donors (Lipinski definition) is 2. The largest absolute Gasteiger partial charge is 0.353 e. The van der Waals surface area contributed by atoms with Crippen molar-refractivity contribution < 1.29 is 9.18 Å². The van der Waals surface area contributed by atoms with E-state index in [9.17, 15) is 14.0 Å². The normalized spacial score (nSPS) is 11.3. The summed E-state index contributed by atoms with van der Waals surface area (Å²) in [5.41, 5.74) is 1.83. The van der Waals surface area contributed by atoms with Gasteiger partial charge in [-0.25, -0.2) is 9.37 Å². The molecule has 0 saturated carbocycles. The Kier molecular flexibility index (Phi) is 5.13. The van der Waals surface area contributed by atoms with Crippen molar-refractivity contribution in [2.75, 3.05) is 11.1 Å². The number of rotatable bonds is 5. The molecule has 1 aromatic carbocycles. The number of H-pyrrole nitrogens is 1. The zero-order valence-corrected chi connectivity index (χ0v) is 15.5. The summed E-state index contributed by atoms with van der Waals surface area (Å²) in [6.45, 7) is 5.62. The van der Waals surface area contributed by atoms with Crippen molar-refractivity contribution in [1.29, 1.82) is 0 Å². The zero-order chi connectivity index (χ0) is 18.8. The van der Waals surface area contributed by atoms with Crippen LogP contribution in [0.4, 0.5) is 10.1 Å². The number of benzene rings is 1. The molecule has 3 aromatic rings. The van der Waals surface area contributed by atoms with Crippen LogP contribution in [-0.2, 0) is 4.79 Å². The number of carbonyl (C=O) groups excluding carboxylic acids is 1. The van der Waals surface area contributed by atoms with Gasteiger partial charge in [0.25, 0.3) is 5.56 Å². The van der Waals surface area contributed by atoms with E-state index in [4.69, 9.17) is 0 Å². The third kappa shape index (κ3) is 3.65. The second kappa shape index (κ2) is 7.33. The van der Waals surface area contributed by atoms with Gasteiger partial charge in [-0.3, -0.25) is 14.2 Å². The molecule has 2 heterocycles. The summed E-state index contributed by atoms with van der Waals surface area (Å²) in [6.07, 6.45) is 0. The molecule has 136 valence electrons. The number of aromatic nitrogens is 3. The monoisotopic (exact) mass is 374 g/mol. The number of nitrogens with one attached hydrogen (secondary N) is 2. The smallest absolute Gasteiger partial charge is 0.278 e. The van der Waals surface area contributed by atoms with Crippen LogP contribution in [0.3, 0.4) is 0 Å². The molecule has 3 rings (SSSR count). The van der Waals surface area contributed by atoms with Gasteiger partial charge < -0.3 is 10.3 Å². The van der Waals surface area contributed by atoms with E-state index in [1.54, 1.807) is 22.8 Å². The Bertz CT molecular complexity index is 1030. The average Bonchev–Trinajstić information content (AvgIpc) is 2.95. The lowest BCUT2D eigenvalue weighted by Gasteiger charge is -2.15. The molecule has 1 amide bonds. The first-order valence-corrected chi connectivity index (χ1v) is 9.14. The Labute approximate surface area is 153 Å². The molecule has 6 nitrogen and oxygen atoms in total. The number of hydrogen-bond acceptors (Lipinski definition) is 4. The van der Waals surface area contributed by atoms with E-state index in [1.165, 1.54) is 12.1 Å². The number of carbonyl (C=O) groups is 1. The minimum absolute atomic E-state index is 0.0163. The molecule has 2 aromatic heterocycles. The van der Waals surface area contributed by atoms with E-state index >= 15 is 0 Å². The van der Waals surface area contributed by atoms with Gasteiger partial charge in [-0.2, -0.15) is 0 Å². The van der Waals surface area contributed by atoms with Crippen molar-refractivity contribution in [2.45, 2.75) is 32.0 Å². The molecule has 26 heavy (non-hydrogen) atoms. The Hall–Kier alpha value is -2.61. The highest BCUT2D eigenvalue weighted by molar-refractivity contribution is 7.99. The van der Waals surface area contributed by atoms with Crippen LogP contribution in [0.2, 0.25) is 0 Å². The van der Waals surface area contributed by atoms with E-state index in [0.29, 0.717) is 16.2 Å². The van der Waals surface area contributed by atoms with Crippen molar-refractivity contribution in [2.24, 2.45) is 0 Å². The molecule has 0 saturated heterocycles. The van der Waals surface area contributed by atoms with Gasteiger partial charge in [0.15, 0.2) is 5.16 Å². The number of amides is 1. The fraction of sp³-hybridized carbons (Fsp3) is 0.278. The summed E-state index contributed by atoms with van der Waals surface area (Å²) in [5, 5.41) is 2.99. The van der Waals surface area contributed by atoms with Crippen LogP contribution in [0.5, 0.6) is 0 Å². The van der Waals surface area contributed by atoms with Crippen LogP contribution in [0.25, 0.3) is 11.0 Å². The Morgan fingerprint density at radius 3 is 2.81 bits per heavy atom. The zero-order valence-electron chi connectivity index (χ0n) is 14.7. The van der Waals surface area contributed by atoms with Gasteiger partial charge in [-0.05, 0) is 39.0 Å². The number of aryl methyl sites for hydroxylation is 1. The summed E-state index contributed by atoms with van der Waals surface area (Å²) in [4.78, 5) is 32.4. The maximum absolute atomic E-state index is 13.6. The topological polar surface area (TPSA) is 79.8 Å². The van der Waals surface area contributed by atoms with Crippen LogP contribution >= 0.6 is 11.8 Å². The number of nitrogens with zero attached hydrogens (tertiary/aromatic N) is 2. The van der Waals surface area contributed by atoms with E-state index in [-0.39, 0.29) is 28.9 Å². The minimum Gasteiger partial charge on any atom is -0.353 e. The number of aromatic amines is 1. The molecule has 0 spiro atoms. The maximum Gasteiger partial charge on any atom is 0.278 e. The van der Waals surface area contributed by atoms with Crippen molar-refractivity contribution in [3.05, 3.63) is 52.2 Å². The van der Waals surface area contributed by atoms with Gasteiger partial charge in [0, 0.05) is 11.7 Å². The molecule has 0 fully saturated rings. The van der Waals surface area contributed by atoms with Crippen molar-refractivity contribution >= 4 is 34.4 Å². The number of halogens is 1. The van der Waals surface area contributed by atoms with Crippen LogP contribution in [0, 0.1) is 12.7 Å². The first-order chi connectivity index (χ1) is 12.4. The minimum atomic E-state index is -0.493. The second-order valence-electron chi connectivity index (χ2n) is 6.19. The van der Waals surface area contributed by atoms with E-state index in [0.717, 1.165) is 17.5 Å². The molecular formula is C18H19FN4O2S. The predicted octanol–water partition coefficient (Wildman–Crippen LogP) is 3.48. The molecule has 0 unspecified atom stereocenters. The summed E-state index contributed by atoms with van der Waals surface area (Å²) >= 11 is 1.15. The summed E-state index contributed by atoms with van der Waals surface area (Å²) < 4.78 is 15.2. The van der Waals surface area contributed by atoms with E-state index in [2.05, 4.69) is 15.3 Å². The average molecular weight is 374 g/mol. The molecule has 2 N–H and O–H groups in total. The molecule has 0 radical (unpaired) electrons. The SMILES string of the molecule is Cc1cc2nc(SCC(=O)Nc3ccccc3F)n(C(C)C)c(=O)c2[nH]1. The van der Waals surface area contributed by atoms with Crippen molar-refractivity contribution in [1.82, 2.24) is 14.5 Å². The summed E-state index contributed by atoms with van der Waals surface area (Å²) in [7, 11) is 0. The lowest BCUT2D eigenvalue weighted by atomic mass is 10.3. The standard InChI is InChI=1S/C18H19FN4O2S/c1-10(2)23-17(25)16-14(8-11(3)20-16)22-18(23)26-9-15(24)21-13-7-5-4-6-12(13)19/h4-8,10,20H,9H2,1-3H3,(H,21,24). The number of thioether (sulfide) groups is 1. The lowest BCUT2D eigenvalue weighted by Crippen LogP contribution is -2.25. The number of para-hydroxylation sites is 1. The third-order valence-corrected chi connectivity index (χ3v) is 4.74. The van der Waals surface area contributed by atoms with Crippen LogP contribution in [-0.4, -0.2) is 26.2 Å². The van der Waals surface area contributed by atoms with E-state index < -0.39 is 5.82 Å². The number of anilines is 1. The van der Waals surface area contributed by atoms with Gasteiger partial charge in [-0.15, -0.1) is 0 Å². The quantitative estimate of drug-likeness (QED) is 0.529. The second-order valence-corrected chi connectivity index (χ2v) is 7.14. The number of fused-ring (bicyclic) bond motifs is 1. The third-order valence-electron chi connectivity index (χ3n) is 3.78. The van der Waals surface area contributed by atoms with Gasteiger partial charge in [0.05, 0.1) is 17.0 Å². The highest BCUT2D eigenvalue weighted by atomic mass is 32.2. The van der Waals surface area contributed by atoms with Crippen LogP contribution in [0.1, 0.15) is 25.6 Å². The predicted molar refractivity (Wildman–Crippen MR) is 101 cm³/mol. The molecular weight excluding hydrogens is 355 g/mol. The summed E-state index contributed by atoms with van der Waals surface area (Å²) in [6, 6.07) is 7.66. The first kappa shape index (κ1) is 18.2. The molecule has 0 aliphatic heterocycles. The first-order valence-electron chi connectivity index (χ1n) is 8.16. The highest BCUT2D eigenvalue weighted by Crippen LogP contribution is 2.22. The lowest BCUT2D eigenvalue weighted by molar-refractivity contribution is -0.113. The van der Waals surface area contributed by atoms with Crippen LogP contribution in [0.15, 0.2) is 40.3 Å². The van der Waals surface area contributed by atoms with Gasteiger partial charge in [-0.1, -0.05) is 23.9 Å². The molecule has 0 atom stereocenters. The van der Waals surface area contributed by atoms with Crippen molar-refractivity contribution in [3.63, 3.8) is 0 Å². The molecule has 0 aliphatic carbocycles. The van der Waals surface area contributed by atoms with E-state index in [1.807, 2.05) is 20.8 Å². The molecule has 8 heteroatoms. The fourth-order valence-corrected chi connectivity index (χ4v) is 3.55. The Morgan fingerprint density at radius 1 is 1.38 bits per heavy atom. The van der Waals surface area contributed by atoms with Crippen LogP contribution < -0.4 is 10.9 Å². The Morgan fingerprint density at radius 2 is 2.12 bits per heavy atom. The van der Waals surface area contributed by atoms with Crippen molar-refractivity contribution in [3.8, 4) is 0 Å². The Balaban J connectivity index is 1.84. The summed E-state index contributed by atoms with van der Waals surface area (Å²) in [5.74, 6) is -0.843. The van der Waals surface area contributed by atoms with Gasteiger partial charge in [0.2, 0.25) is 5.91 Å². The molecule has 0 bridgehead atoms. The highest BCUT2D eigenvalue weighted by Gasteiger charge is 2.17. The molecule has 0 aliphatic rings. The maximum atomic E-state index is 13.6.